The third kappa shape index (κ3) is 7.32. The summed E-state index contributed by atoms with van der Waals surface area (Å²) in [5, 5.41) is 4.27. The average Bonchev–Trinajstić information content (AvgIpc) is 3.25. The van der Waals surface area contributed by atoms with Crippen molar-refractivity contribution in [2.24, 2.45) is 5.10 Å². The first-order valence-corrected chi connectivity index (χ1v) is 12.8. The summed E-state index contributed by atoms with van der Waals surface area (Å²) in [6.07, 6.45) is 2.23. The highest BCUT2D eigenvalue weighted by molar-refractivity contribution is 7.92. The number of halogens is 2. The lowest BCUT2D eigenvalue weighted by atomic mass is 10.1. The van der Waals surface area contributed by atoms with Crippen LogP contribution >= 0.6 is 23.2 Å². The van der Waals surface area contributed by atoms with Crippen molar-refractivity contribution in [2.45, 2.75) is 6.92 Å². The molecule has 1 heterocycles. The highest BCUT2D eigenvalue weighted by Gasteiger charge is 2.21. The van der Waals surface area contributed by atoms with Gasteiger partial charge in [-0.05, 0) is 49.4 Å². The Hall–Kier alpha value is -3.34. The van der Waals surface area contributed by atoms with E-state index in [1.54, 1.807) is 43.3 Å². The van der Waals surface area contributed by atoms with E-state index in [0.717, 1.165) is 16.1 Å². The van der Waals surface area contributed by atoms with E-state index in [0.29, 0.717) is 23.7 Å². The first-order chi connectivity index (χ1) is 16.6. The number of carbonyl (C=O) groups is 2. The maximum Gasteiger partial charge on any atom is 0.338 e. The lowest BCUT2D eigenvalue weighted by molar-refractivity contribution is -0.119. The third-order valence-corrected chi connectivity index (χ3v) is 6.09. The highest BCUT2D eigenvalue weighted by atomic mass is 35.5. The summed E-state index contributed by atoms with van der Waals surface area (Å²) in [5.74, 6) is -0.232. The monoisotopic (exact) mass is 537 g/mol. The molecule has 0 aliphatic rings. The lowest BCUT2D eigenvalue weighted by Gasteiger charge is -2.21. The number of hydrogen-bond acceptors (Lipinski definition) is 7. The van der Waals surface area contributed by atoms with Crippen LogP contribution in [-0.2, 0) is 19.6 Å². The van der Waals surface area contributed by atoms with E-state index in [9.17, 15) is 18.0 Å². The Morgan fingerprint density at radius 2 is 1.74 bits per heavy atom. The molecule has 3 rings (SSSR count). The summed E-state index contributed by atoms with van der Waals surface area (Å²) in [7, 11) is -3.81. The van der Waals surface area contributed by atoms with Gasteiger partial charge in [0.2, 0.25) is 10.0 Å². The Kier molecular flexibility index (Phi) is 8.55. The number of rotatable bonds is 9. The predicted molar refractivity (Wildman–Crippen MR) is 134 cm³/mol. The summed E-state index contributed by atoms with van der Waals surface area (Å²) in [5.41, 5.74) is 3.56. The van der Waals surface area contributed by atoms with E-state index in [2.05, 4.69) is 10.5 Å². The molecule has 0 bridgehead atoms. The molecule has 3 aromatic rings. The summed E-state index contributed by atoms with van der Waals surface area (Å²) < 4.78 is 35.9. The van der Waals surface area contributed by atoms with Gasteiger partial charge in [0.25, 0.3) is 5.91 Å². The fourth-order valence-corrected chi connectivity index (χ4v) is 4.33. The normalized spacial score (nSPS) is 11.4. The number of anilines is 1. The van der Waals surface area contributed by atoms with Crippen LogP contribution in [0.2, 0.25) is 10.0 Å². The van der Waals surface area contributed by atoms with Gasteiger partial charge in [0.15, 0.2) is 0 Å². The van der Waals surface area contributed by atoms with E-state index >= 15 is 0 Å². The largest absolute Gasteiger partial charge is 0.462 e. The Morgan fingerprint density at radius 1 is 1.09 bits per heavy atom. The van der Waals surface area contributed by atoms with Crippen LogP contribution in [-0.4, -0.2) is 45.9 Å². The van der Waals surface area contributed by atoms with E-state index in [1.807, 2.05) is 0 Å². The maximum absolute atomic E-state index is 12.3. The van der Waals surface area contributed by atoms with Gasteiger partial charge in [0.05, 0.1) is 30.3 Å². The van der Waals surface area contributed by atoms with Gasteiger partial charge in [-0.2, -0.15) is 5.10 Å². The van der Waals surface area contributed by atoms with Crippen LogP contribution in [0.4, 0.5) is 5.69 Å². The van der Waals surface area contributed by atoms with Crippen LogP contribution in [0.3, 0.4) is 0 Å². The minimum Gasteiger partial charge on any atom is -0.462 e. The first kappa shape index (κ1) is 26.3. The van der Waals surface area contributed by atoms with Crippen molar-refractivity contribution in [2.75, 3.05) is 23.7 Å². The molecule has 2 aromatic carbocycles. The molecule has 12 heteroatoms. The summed E-state index contributed by atoms with van der Waals surface area (Å²) in [6, 6.07) is 14.3. The molecule has 0 aliphatic heterocycles. The minimum atomic E-state index is -3.81. The van der Waals surface area contributed by atoms with Crippen molar-refractivity contribution in [1.29, 1.82) is 0 Å². The van der Waals surface area contributed by atoms with E-state index in [-0.39, 0.29) is 15.7 Å². The van der Waals surface area contributed by atoms with Crippen LogP contribution in [0, 0.1) is 0 Å². The van der Waals surface area contributed by atoms with Gasteiger partial charge >= 0.3 is 5.97 Å². The SMILES string of the molecule is CCOC(=O)c1ccc(-c2ccc(/C=N\NC(=O)CN(c3cc(Cl)cc(Cl)c3)S(C)(=O)=O)o2)cc1. The highest BCUT2D eigenvalue weighted by Crippen LogP contribution is 2.27. The van der Waals surface area contributed by atoms with Gasteiger partial charge in [0.1, 0.15) is 18.1 Å². The van der Waals surface area contributed by atoms with Crippen molar-refractivity contribution in [1.82, 2.24) is 5.43 Å². The smallest absolute Gasteiger partial charge is 0.338 e. The molecular weight excluding hydrogens is 517 g/mol. The van der Waals surface area contributed by atoms with Crippen LogP contribution < -0.4 is 9.73 Å². The van der Waals surface area contributed by atoms with Gasteiger partial charge < -0.3 is 9.15 Å². The number of hydrogen-bond donors (Lipinski definition) is 1. The van der Waals surface area contributed by atoms with Gasteiger partial charge in [-0.15, -0.1) is 0 Å². The molecule has 0 atom stereocenters. The number of hydrazone groups is 1. The first-order valence-electron chi connectivity index (χ1n) is 10.2. The molecule has 184 valence electrons. The summed E-state index contributed by atoms with van der Waals surface area (Å²) >= 11 is 11.9. The quantitative estimate of drug-likeness (QED) is 0.246. The zero-order valence-electron chi connectivity index (χ0n) is 18.7. The zero-order chi connectivity index (χ0) is 25.6. The van der Waals surface area contributed by atoms with Crippen molar-refractivity contribution < 1.29 is 27.2 Å². The van der Waals surface area contributed by atoms with Gasteiger partial charge in [-0.3, -0.25) is 9.10 Å². The third-order valence-electron chi connectivity index (χ3n) is 4.51. The number of benzene rings is 2. The molecule has 0 saturated heterocycles. The molecular formula is C23H21Cl2N3O6S. The second-order valence-electron chi connectivity index (χ2n) is 7.19. The number of sulfonamides is 1. The van der Waals surface area contributed by atoms with Gasteiger partial charge in [-0.1, -0.05) is 35.3 Å². The lowest BCUT2D eigenvalue weighted by Crippen LogP contribution is -2.39. The number of amides is 1. The number of furan rings is 1. The van der Waals surface area contributed by atoms with Crippen LogP contribution in [0.1, 0.15) is 23.0 Å². The Bertz CT molecular complexity index is 1330. The molecule has 35 heavy (non-hydrogen) atoms. The van der Waals surface area contributed by atoms with Crippen molar-refractivity contribution in [3.63, 3.8) is 0 Å². The standard InChI is InChI=1S/C23H21Cl2N3O6S/c1-3-33-23(30)16-6-4-15(5-7-16)21-9-8-20(34-21)13-26-27-22(29)14-28(35(2,31)32)19-11-17(24)10-18(25)12-19/h4-13H,3,14H2,1-2H3,(H,27,29)/b26-13-. The van der Waals surface area contributed by atoms with E-state index < -0.39 is 28.4 Å². The second-order valence-corrected chi connectivity index (χ2v) is 9.97. The van der Waals surface area contributed by atoms with E-state index in [1.165, 1.54) is 24.4 Å². The molecule has 0 saturated carbocycles. The number of nitrogens with zero attached hydrogens (tertiary/aromatic N) is 2. The fraction of sp³-hybridized carbons (Fsp3) is 0.174. The number of carbonyl (C=O) groups excluding carboxylic acids is 2. The van der Waals surface area contributed by atoms with E-state index in [4.69, 9.17) is 32.4 Å². The Labute approximate surface area is 212 Å². The molecule has 0 spiro atoms. The molecule has 1 aromatic heterocycles. The fourth-order valence-electron chi connectivity index (χ4n) is 2.98. The number of ether oxygens (including phenoxy) is 1. The van der Waals surface area contributed by atoms with Crippen LogP contribution in [0.5, 0.6) is 0 Å². The zero-order valence-corrected chi connectivity index (χ0v) is 21.0. The van der Waals surface area contributed by atoms with Crippen LogP contribution in [0.25, 0.3) is 11.3 Å². The summed E-state index contributed by atoms with van der Waals surface area (Å²) in [6.45, 7) is 1.49. The molecule has 0 aliphatic carbocycles. The van der Waals surface area contributed by atoms with Crippen molar-refractivity contribution in [3.8, 4) is 11.3 Å². The molecule has 0 fully saturated rings. The number of esters is 1. The van der Waals surface area contributed by atoms with Crippen molar-refractivity contribution in [3.05, 3.63) is 76.0 Å². The second kappa shape index (κ2) is 11.4. The molecule has 0 unspecified atom stereocenters. The Morgan fingerprint density at radius 3 is 2.34 bits per heavy atom. The van der Waals surface area contributed by atoms with Crippen LogP contribution in [0.15, 0.2) is 64.1 Å². The van der Waals surface area contributed by atoms with Crippen molar-refractivity contribution >= 4 is 57.0 Å². The minimum absolute atomic E-state index is 0.147. The average molecular weight is 538 g/mol. The topological polar surface area (TPSA) is 118 Å². The molecule has 0 radical (unpaired) electrons. The molecule has 1 N–H and O–H groups in total. The Balaban J connectivity index is 1.64. The maximum atomic E-state index is 12.3. The number of nitrogens with one attached hydrogen (secondary N) is 1. The molecule has 1 amide bonds. The summed E-state index contributed by atoms with van der Waals surface area (Å²) in [4.78, 5) is 24.1. The van der Waals surface area contributed by atoms with Gasteiger partial charge in [0, 0.05) is 15.6 Å². The van der Waals surface area contributed by atoms with Gasteiger partial charge in [-0.25, -0.2) is 18.6 Å². The predicted octanol–water partition coefficient (Wildman–Crippen LogP) is 4.35. The molecule has 9 nitrogen and oxygen atoms in total.